The quantitative estimate of drug-likeness (QED) is 0.715. The third-order valence-electron chi connectivity index (χ3n) is 4.10. The maximum Gasteiger partial charge on any atom is 0.257 e. The van der Waals surface area contributed by atoms with Gasteiger partial charge < -0.3 is 20.3 Å². The summed E-state index contributed by atoms with van der Waals surface area (Å²) >= 11 is 0. The first-order chi connectivity index (χ1) is 11.1. The molecule has 0 aliphatic carbocycles. The van der Waals surface area contributed by atoms with Crippen LogP contribution in [0.1, 0.15) is 31.7 Å². The van der Waals surface area contributed by atoms with Gasteiger partial charge in [0, 0.05) is 32.7 Å². The van der Waals surface area contributed by atoms with E-state index >= 15 is 0 Å². The SMILES string of the molecule is CC(C)c1ccc(OCC(=O)NCCCN2CCNCC2)cc1. The number of hydrogen-bond donors (Lipinski definition) is 2. The number of amides is 1. The Kier molecular flexibility index (Phi) is 7.36. The first kappa shape index (κ1) is 17.8. The maximum absolute atomic E-state index is 11.8. The van der Waals surface area contributed by atoms with E-state index in [4.69, 9.17) is 4.74 Å². The molecule has 1 heterocycles. The number of carbonyl (C=O) groups excluding carboxylic acids is 1. The predicted octanol–water partition coefficient (Wildman–Crippen LogP) is 1.60. The van der Waals surface area contributed by atoms with Gasteiger partial charge in [-0.25, -0.2) is 0 Å². The number of hydrogen-bond acceptors (Lipinski definition) is 4. The molecule has 0 aromatic heterocycles. The van der Waals surface area contributed by atoms with Gasteiger partial charge in [0.1, 0.15) is 5.75 Å². The van der Waals surface area contributed by atoms with Crippen LogP contribution in [-0.4, -0.2) is 56.7 Å². The van der Waals surface area contributed by atoms with Crippen molar-refractivity contribution < 1.29 is 9.53 Å². The Morgan fingerprint density at radius 2 is 1.96 bits per heavy atom. The molecule has 1 aliphatic rings. The minimum Gasteiger partial charge on any atom is -0.484 e. The molecule has 2 N–H and O–H groups in total. The van der Waals surface area contributed by atoms with Crippen LogP contribution >= 0.6 is 0 Å². The van der Waals surface area contributed by atoms with E-state index in [1.54, 1.807) is 0 Å². The number of carbonyl (C=O) groups is 1. The molecular weight excluding hydrogens is 290 g/mol. The summed E-state index contributed by atoms with van der Waals surface area (Å²) < 4.78 is 5.52. The summed E-state index contributed by atoms with van der Waals surface area (Å²) in [7, 11) is 0. The lowest BCUT2D eigenvalue weighted by atomic mass is 10.0. The van der Waals surface area contributed by atoms with E-state index in [1.165, 1.54) is 5.56 Å². The van der Waals surface area contributed by atoms with Crippen molar-refractivity contribution in [3.05, 3.63) is 29.8 Å². The Balaban J connectivity index is 1.57. The number of nitrogens with zero attached hydrogens (tertiary/aromatic N) is 1. The second-order valence-corrected chi connectivity index (χ2v) is 6.31. The summed E-state index contributed by atoms with van der Waals surface area (Å²) in [4.78, 5) is 14.2. The Labute approximate surface area is 139 Å². The van der Waals surface area contributed by atoms with Crippen LogP contribution in [0.2, 0.25) is 0 Å². The summed E-state index contributed by atoms with van der Waals surface area (Å²) in [6, 6.07) is 7.94. The van der Waals surface area contributed by atoms with Gasteiger partial charge in [-0.05, 0) is 36.6 Å². The van der Waals surface area contributed by atoms with E-state index in [9.17, 15) is 4.79 Å². The largest absolute Gasteiger partial charge is 0.484 e. The Morgan fingerprint density at radius 1 is 1.26 bits per heavy atom. The highest BCUT2D eigenvalue weighted by atomic mass is 16.5. The highest BCUT2D eigenvalue weighted by Gasteiger charge is 2.09. The molecule has 2 rings (SSSR count). The number of piperazine rings is 1. The van der Waals surface area contributed by atoms with Gasteiger partial charge in [-0.1, -0.05) is 26.0 Å². The highest BCUT2D eigenvalue weighted by molar-refractivity contribution is 5.77. The first-order valence-electron chi connectivity index (χ1n) is 8.57. The minimum atomic E-state index is -0.0572. The van der Waals surface area contributed by atoms with Crippen molar-refractivity contribution in [1.82, 2.24) is 15.5 Å². The van der Waals surface area contributed by atoms with Crippen LogP contribution in [0.25, 0.3) is 0 Å². The molecule has 0 unspecified atom stereocenters. The summed E-state index contributed by atoms with van der Waals surface area (Å²) in [5.74, 6) is 1.19. The molecule has 0 spiro atoms. The molecule has 1 aromatic rings. The molecule has 0 radical (unpaired) electrons. The lowest BCUT2D eigenvalue weighted by Crippen LogP contribution is -2.44. The van der Waals surface area contributed by atoms with Crippen molar-refractivity contribution in [3.8, 4) is 5.75 Å². The van der Waals surface area contributed by atoms with Crippen LogP contribution in [0, 0.1) is 0 Å². The molecule has 0 saturated carbocycles. The van der Waals surface area contributed by atoms with Gasteiger partial charge in [0.05, 0.1) is 0 Å². The molecule has 1 fully saturated rings. The molecule has 0 atom stereocenters. The van der Waals surface area contributed by atoms with Crippen LogP contribution < -0.4 is 15.4 Å². The van der Waals surface area contributed by atoms with Gasteiger partial charge in [0.15, 0.2) is 6.61 Å². The molecule has 1 aliphatic heterocycles. The Morgan fingerprint density at radius 3 is 2.61 bits per heavy atom. The fourth-order valence-electron chi connectivity index (χ4n) is 2.61. The Bertz CT molecular complexity index is 468. The van der Waals surface area contributed by atoms with E-state index in [-0.39, 0.29) is 12.5 Å². The van der Waals surface area contributed by atoms with Crippen molar-refractivity contribution in [2.45, 2.75) is 26.2 Å². The predicted molar refractivity (Wildman–Crippen MR) is 93.0 cm³/mol. The average Bonchev–Trinajstić information content (AvgIpc) is 2.58. The van der Waals surface area contributed by atoms with E-state index in [1.807, 2.05) is 24.3 Å². The van der Waals surface area contributed by atoms with Crippen LogP contribution in [0.15, 0.2) is 24.3 Å². The Hall–Kier alpha value is -1.59. The van der Waals surface area contributed by atoms with Gasteiger partial charge in [0.25, 0.3) is 5.91 Å². The summed E-state index contributed by atoms with van der Waals surface area (Å²) in [6.07, 6.45) is 0.981. The molecule has 5 nitrogen and oxygen atoms in total. The zero-order valence-corrected chi connectivity index (χ0v) is 14.3. The standard InChI is InChI=1S/C18H29N3O2/c1-15(2)16-4-6-17(7-5-16)23-14-18(22)20-8-3-11-21-12-9-19-10-13-21/h4-7,15,19H,3,8-14H2,1-2H3,(H,20,22). The van der Waals surface area contributed by atoms with Crippen molar-refractivity contribution >= 4 is 5.91 Å². The lowest BCUT2D eigenvalue weighted by Gasteiger charge is -2.27. The van der Waals surface area contributed by atoms with Crippen molar-refractivity contribution in [3.63, 3.8) is 0 Å². The highest BCUT2D eigenvalue weighted by Crippen LogP contribution is 2.18. The van der Waals surface area contributed by atoms with Gasteiger partial charge >= 0.3 is 0 Å². The zero-order chi connectivity index (χ0) is 16.5. The normalized spacial score (nSPS) is 15.6. The number of ether oxygens (including phenoxy) is 1. The van der Waals surface area contributed by atoms with Gasteiger partial charge in [0.2, 0.25) is 0 Å². The van der Waals surface area contributed by atoms with E-state index in [0.717, 1.165) is 44.9 Å². The van der Waals surface area contributed by atoms with Crippen LogP contribution in [-0.2, 0) is 4.79 Å². The second kappa shape index (κ2) is 9.53. The summed E-state index contributed by atoms with van der Waals surface area (Å²) in [5.41, 5.74) is 1.27. The smallest absolute Gasteiger partial charge is 0.257 e. The van der Waals surface area contributed by atoms with Gasteiger partial charge in [-0.15, -0.1) is 0 Å². The molecule has 1 amide bonds. The first-order valence-corrected chi connectivity index (χ1v) is 8.57. The van der Waals surface area contributed by atoms with Crippen LogP contribution in [0.3, 0.4) is 0 Å². The van der Waals surface area contributed by atoms with Gasteiger partial charge in [-0.3, -0.25) is 4.79 Å². The molecule has 5 heteroatoms. The summed E-state index contributed by atoms with van der Waals surface area (Å²) in [6.45, 7) is 10.5. The number of nitrogens with one attached hydrogen (secondary N) is 2. The fourth-order valence-corrected chi connectivity index (χ4v) is 2.61. The van der Waals surface area contributed by atoms with Crippen molar-refractivity contribution in [1.29, 1.82) is 0 Å². The second-order valence-electron chi connectivity index (χ2n) is 6.31. The molecular formula is C18H29N3O2. The number of benzene rings is 1. The van der Waals surface area contributed by atoms with Crippen molar-refractivity contribution in [2.24, 2.45) is 0 Å². The summed E-state index contributed by atoms with van der Waals surface area (Å²) in [5, 5.41) is 6.25. The fraction of sp³-hybridized carbons (Fsp3) is 0.611. The lowest BCUT2D eigenvalue weighted by molar-refractivity contribution is -0.123. The van der Waals surface area contributed by atoms with E-state index in [2.05, 4.69) is 29.4 Å². The number of rotatable bonds is 8. The van der Waals surface area contributed by atoms with Crippen LogP contribution in [0.5, 0.6) is 5.75 Å². The average molecular weight is 319 g/mol. The van der Waals surface area contributed by atoms with E-state index in [0.29, 0.717) is 12.5 Å². The molecule has 128 valence electrons. The third kappa shape index (κ3) is 6.59. The molecule has 23 heavy (non-hydrogen) atoms. The van der Waals surface area contributed by atoms with E-state index < -0.39 is 0 Å². The van der Waals surface area contributed by atoms with Gasteiger partial charge in [-0.2, -0.15) is 0 Å². The zero-order valence-electron chi connectivity index (χ0n) is 14.3. The molecule has 0 bridgehead atoms. The molecule has 1 saturated heterocycles. The molecule has 1 aromatic carbocycles. The monoisotopic (exact) mass is 319 g/mol. The topological polar surface area (TPSA) is 53.6 Å². The van der Waals surface area contributed by atoms with Crippen molar-refractivity contribution in [2.75, 3.05) is 45.9 Å². The third-order valence-corrected chi connectivity index (χ3v) is 4.10. The van der Waals surface area contributed by atoms with Crippen LogP contribution in [0.4, 0.5) is 0 Å². The maximum atomic E-state index is 11.8. The minimum absolute atomic E-state index is 0.0572.